The van der Waals surface area contributed by atoms with Crippen LogP contribution >= 0.6 is 0 Å². The van der Waals surface area contributed by atoms with E-state index in [9.17, 15) is 19.2 Å². The molecule has 1 aromatic carbocycles. The summed E-state index contributed by atoms with van der Waals surface area (Å²) in [6, 6.07) is 7.02. The zero-order valence-electron chi connectivity index (χ0n) is 25.6. The van der Waals surface area contributed by atoms with Crippen LogP contribution in [0.2, 0.25) is 0 Å². The molecule has 0 aliphatic carbocycles. The Hall–Kier alpha value is -3.10. The van der Waals surface area contributed by atoms with Crippen molar-refractivity contribution in [2.45, 2.75) is 91.5 Å². The lowest BCUT2D eigenvalue weighted by Crippen LogP contribution is -2.54. The first-order chi connectivity index (χ1) is 18.7. The van der Waals surface area contributed by atoms with E-state index in [1.54, 1.807) is 33.7 Å². The number of carbonyl (C=O) groups excluding carboxylic acids is 4. The summed E-state index contributed by atoms with van der Waals surface area (Å²) in [6.07, 6.45) is 2.00. The highest BCUT2D eigenvalue weighted by molar-refractivity contribution is 5.89. The Balaban J connectivity index is 1.58. The van der Waals surface area contributed by atoms with Gasteiger partial charge in [-0.25, -0.2) is 4.79 Å². The molecule has 2 atom stereocenters. The highest BCUT2D eigenvalue weighted by Gasteiger charge is 2.41. The number of hydrogen-bond acceptors (Lipinski definition) is 5. The van der Waals surface area contributed by atoms with Crippen molar-refractivity contribution in [3.63, 3.8) is 0 Å². The van der Waals surface area contributed by atoms with E-state index in [2.05, 4.69) is 0 Å². The molecule has 0 unspecified atom stereocenters. The van der Waals surface area contributed by atoms with Crippen molar-refractivity contribution in [3.8, 4) is 0 Å². The van der Waals surface area contributed by atoms with Crippen LogP contribution in [-0.4, -0.2) is 94.8 Å². The molecule has 9 heteroatoms. The second-order valence-electron chi connectivity index (χ2n) is 12.7. The number of nitrogens with zero attached hydrogens (tertiary/aromatic N) is 4. The van der Waals surface area contributed by atoms with Gasteiger partial charge in [-0.1, -0.05) is 43.7 Å². The monoisotopic (exact) mass is 556 g/mol. The predicted octanol–water partition coefficient (Wildman–Crippen LogP) is 4.07. The van der Waals surface area contributed by atoms with Crippen molar-refractivity contribution in [2.24, 2.45) is 11.8 Å². The summed E-state index contributed by atoms with van der Waals surface area (Å²) in [5.41, 5.74) is 1.59. The third-order valence-electron chi connectivity index (χ3n) is 7.89. The fraction of sp³-hybridized carbons (Fsp3) is 0.677. The quantitative estimate of drug-likeness (QED) is 0.505. The minimum absolute atomic E-state index is 0.0511. The summed E-state index contributed by atoms with van der Waals surface area (Å²) < 4.78 is 5.51. The summed E-state index contributed by atoms with van der Waals surface area (Å²) in [7, 11) is 3.50. The fourth-order valence-electron chi connectivity index (χ4n) is 5.71. The molecule has 2 aliphatic heterocycles. The van der Waals surface area contributed by atoms with Crippen molar-refractivity contribution in [1.82, 2.24) is 19.6 Å². The van der Waals surface area contributed by atoms with Gasteiger partial charge in [-0.3, -0.25) is 19.3 Å². The van der Waals surface area contributed by atoms with Crippen LogP contribution in [0.1, 0.15) is 71.4 Å². The molecular formula is C31H48N4O5. The third kappa shape index (κ3) is 7.76. The molecule has 0 aromatic heterocycles. The van der Waals surface area contributed by atoms with Gasteiger partial charge >= 0.3 is 6.09 Å². The molecule has 0 bridgehead atoms. The molecule has 0 spiro atoms. The first-order valence-corrected chi connectivity index (χ1v) is 14.5. The zero-order chi connectivity index (χ0) is 29.8. The number of piperidine rings is 1. The molecule has 9 nitrogen and oxygen atoms in total. The van der Waals surface area contributed by atoms with E-state index in [0.29, 0.717) is 45.4 Å². The zero-order valence-corrected chi connectivity index (χ0v) is 25.6. The standard InChI is InChI=1S/C31H48N4O5/c1-21(2)26(29(38)32(7)20-23-13-11-22(3)12-14-23)33(8)27(36)24-15-18-34(19-16-24)28(37)25-10-9-17-35(25)30(39)40-31(4,5)6/h11-14,21,24-26H,9-10,15-20H2,1-8H3/t25-,26+/m0/s1. The second kappa shape index (κ2) is 13.0. The Morgan fingerprint density at radius 2 is 1.57 bits per heavy atom. The van der Waals surface area contributed by atoms with Gasteiger partial charge in [-0.2, -0.15) is 0 Å². The van der Waals surface area contributed by atoms with E-state index in [-0.39, 0.29) is 29.6 Å². The van der Waals surface area contributed by atoms with Crippen molar-refractivity contribution < 1.29 is 23.9 Å². The number of likely N-dealkylation sites (N-methyl/N-ethyl adjacent to an activating group) is 2. The maximum Gasteiger partial charge on any atom is 0.410 e. The molecule has 40 heavy (non-hydrogen) atoms. The molecule has 0 radical (unpaired) electrons. The number of likely N-dealkylation sites (tertiary alicyclic amines) is 2. The molecule has 0 saturated carbocycles. The van der Waals surface area contributed by atoms with Gasteiger partial charge in [0.2, 0.25) is 17.7 Å². The smallest absolute Gasteiger partial charge is 0.410 e. The molecule has 4 amide bonds. The second-order valence-corrected chi connectivity index (χ2v) is 12.7. The minimum Gasteiger partial charge on any atom is -0.444 e. The molecule has 222 valence electrons. The summed E-state index contributed by atoms with van der Waals surface area (Å²) in [5, 5.41) is 0. The summed E-state index contributed by atoms with van der Waals surface area (Å²) in [4.78, 5) is 59.7. The van der Waals surface area contributed by atoms with E-state index in [1.165, 1.54) is 5.56 Å². The summed E-state index contributed by atoms with van der Waals surface area (Å²) in [5.74, 6) is -0.516. The van der Waals surface area contributed by atoms with Crippen LogP contribution in [0.4, 0.5) is 4.79 Å². The molecular weight excluding hydrogens is 508 g/mol. The molecule has 0 N–H and O–H groups in total. The molecule has 2 aliphatic rings. The Bertz CT molecular complexity index is 1060. The summed E-state index contributed by atoms with van der Waals surface area (Å²) in [6.45, 7) is 13.3. The molecule has 3 rings (SSSR count). The van der Waals surface area contributed by atoms with E-state index in [1.807, 2.05) is 65.8 Å². The largest absolute Gasteiger partial charge is 0.444 e. The Morgan fingerprint density at radius 1 is 0.975 bits per heavy atom. The lowest BCUT2D eigenvalue weighted by atomic mass is 9.92. The van der Waals surface area contributed by atoms with Crippen molar-refractivity contribution in [3.05, 3.63) is 35.4 Å². The van der Waals surface area contributed by atoms with Crippen LogP contribution in [0.5, 0.6) is 0 Å². The first kappa shape index (κ1) is 31.4. The number of benzene rings is 1. The molecule has 2 fully saturated rings. The Morgan fingerprint density at radius 3 is 2.12 bits per heavy atom. The third-order valence-corrected chi connectivity index (χ3v) is 7.89. The van der Waals surface area contributed by atoms with Crippen molar-refractivity contribution in [1.29, 1.82) is 0 Å². The predicted molar refractivity (Wildman–Crippen MR) is 154 cm³/mol. The van der Waals surface area contributed by atoms with Gasteiger partial charge in [0.05, 0.1) is 0 Å². The van der Waals surface area contributed by atoms with Gasteiger partial charge in [0.25, 0.3) is 0 Å². The van der Waals surface area contributed by atoms with Crippen LogP contribution in [-0.2, 0) is 25.7 Å². The minimum atomic E-state index is -0.622. The maximum absolute atomic E-state index is 13.6. The molecule has 2 saturated heterocycles. The average Bonchev–Trinajstić information content (AvgIpc) is 3.38. The van der Waals surface area contributed by atoms with Gasteiger partial charge in [-0.15, -0.1) is 0 Å². The highest BCUT2D eigenvalue weighted by atomic mass is 16.6. The Kier molecular flexibility index (Phi) is 10.2. The van der Waals surface area contributed by atoms with Gasteiger partial charge < -0.3 is 19.4 Å². The van der Waals surface area contributed by atoms with Crippen LogP contribution in [0.15, 0.2) is 24.3 Å². The number of rotatable bonds is 7. The maximum atomic E-state index is 13.6. The van der Waals surface area contributed by atoms with Crippen LogP contribution < -0.4 is 0 Å². The van der Waals surface area contributed by atoms with Gasteiger partial charge in [0.1, 0.15) is 17.7 Å². The number of carbonyl (C=O) groups is 4. The van der Waals surface area contributed by atoms with Crippen LogP contribution in [0, 0.1) is 18.8 Å². The van der Waals surface area contributed by atoms with Crippen molar-refractivity contribution >= 4 is 23.8 Å². The highest BCUT2D eigenvalue weighted by Crippen LogP contribution is 2.27. The number of hydrogen-bond donors (Lipinski definition) is 0. The van der Waals surface area contributed by atoms with E-state index < -0.39 is 23.8 Å². The molecule has 1 aromatic rings. The van der Waals surface area contributed by atoms with Crippen molar-refractivity contribution in [2.75, 3.05) is 33.7 Å². The van der Waals surface area contributed by atoms with Crippen LogP contribution in [0.25, 0.3) is 0 Å². The van der Waals surface area contributed by atoms with Crippen LogP contribution in [0.3, 0.4) is 0 Å². The van der Waals surface area contributed by atoms with Gasteiger partial charge in [0.15, 0.2) is 0 Å². The van der Waals surface area contributed by atoms with Gasteiger partial charge in [-0.05, 0) is 64.9 Å². The summed E-state index contributed by atoms with van der Waals surface area (Å²) >= 11 is 0. The van der Waals surface area contributed by atoms with E-state index >= 15 is 0 Å². The first-order valence-electron chi connectivity index (χ1n) is 14.5. The average molecular weight is 557 g/mol. The SMILES string of the molecule is Cc1ccc(CN(C)C(=O)[C@@H](C(C)C)N(C)C(=O)C2CCN(C(=O)[C@@H]3CCCN3C(=O)OC(C)(C)C)CC2)cc1. The fourth-order valence-corrected chi connectivity index (χ4v) is 5.71. The Labute approximate surface area is 239 Å². The number of aryl methyl sites for hydroxylation is 1. The van der Waals surface area contributed by atoms with Gasteiger partial charge in [0, 0.05) is 46.2 Å². The van der Waals surface area contributed by atoms with E-state index in [4.69, 9.17) is 4.74 Å². The lowest BCUT2D eigenvalue weighted by molar-refractivity contribution is -0.150. The van der Waals surface area contributed by atoms with E-state index in [0.717, 1.165) is 12.0 Å². The number of amides is 4. The normalized spacial score (nSPS) is 19.0. The topological polar surface area (TPSA) is 90.5 Å². The lowest BCUT2D eigenvalue weighted by Gasteiger charge is -2.39. The number of ether oxygens (including phenoxy) is 1. The molecule has 2 heterocycles.